The van der Waals surface area contributed by atoms with Crippen LogP contribution in [0.25, 0.3) is 0 Å². The summed E-state index contributed by atoms with van der Waals surface area (Å²) in [6.45, 7) is 6.08. The highest BCUT2D eigenvalue weighted by Gasteiger charge is 2.14. The van der Waals surface area contributed by atoms with Gasteiger partial charge in [-0.05, 0) is 30.2 Å². The monoisotopic (exact) mass is 261 g/mol. The summed E-state index contributed by atoms with van der Waals surface area (Å²) < 4.78 is 0. The van der Waals surface area contributed by atoms with E-state index < -0.39 is 0 Å². The van der Waals surface area contributed by atoms with Gasteiger partial charge in [-0.25, -0.2) is 19.9 Å². The molecule has 0 fully saturated rings. The van der Waals surface area contributed by atoms with Crippen LogP contribution in [-0.4, -0.2) is 19.9 Å². The van der Waals surface area contributed by atoms with Crippen LogP contribution < -0.4 is 5.73 Å². The first-order chi connectivity index (χ1) is 8.58. The summed E-state index contributed by atoms with van der Waals surface area (Å²) in [5, 5.41) is 1.49. The summed E-state index contributed by atoms with van der Waals surface area (Å²) in [6.07, 6.45) is 5.04. The molecule has 0 aromatic carbocycles. The zero-order valence-electron chi connectivity index (χ0n) is 10.6. The maximum Gasteiger partial charge on any atom is 0.193 e. The van der Waals surface area contributed by atoms with E-state index in [1.165, 1.54) is 18.1 Å². The number of hydrogen-bond acceptors (Lipinski definition) is 6. The van der Waals surface area contributed by atoms with Crippen molar-refractivity contribution < 1.29 is 0 Å². The molecule has 0 aliphatic carbocycles. The minimum absolute atomic E-state index is 0.263. The Labute approximate surface area is 110 Å². The summed E-state index contributed by atoms with van der Waals surface area (Å²) in [5.74, 6) is 0.786. The Kier molecular flexibility index (Phi) is 3.76. The van der Waals surface area contributed by atoms with Gasteiger partial charge in [0.1, 0.15) is 17.2 Å². The Hall–Kier alpha value is -1.69. The first-order valence-electron chi connectivity index (χ1n) is 5.64. The van der Waals surface area contributed by atoms with E-state index in [0.717, 1.165) is 16.2 Å². The minimum Gasteiger partial charge on any atom is -0.383 e. The molecule has 2 heterocycles. The number of aryl methyl sites for hydroxylation is 1. The third-order valence-corrected chi connectivity index (χ3v) is 3.31. The second kappa shape index (κ2) is 5.30. The number of rotatable bonds is 3. The average Bonchev–Trinajstić information content (AvgIpc) is 2.32. The summed E-state index contributed by atoms with van der Waals surface area (Å²) in [5.41, 5.74) is 7.88. The number of nitrogens with two attached hydrogens (primary N) is 1. The standard InChI is InChI=1S/C12H15N5S/c1-7(2)9-10(13)16-6-17-11(9)18-12-14-4-8(3)5-15-12/h4-7H,1-3H3,(H2,13,16,17). The van der Waals surface area contributed by atoms with Crippen molar-refractivity contribution in [3.63, 3.8) is 0 Å². The molecule has 0 aliphatic heterocycles. The second-order valence-corrected chi connectivity index (χ2v) is 5.23. The number of aromatic nitrogens is 4. The maximum atomic E-state index is 5.89. The predicted molar refractivity (Wildman–Crippen MR) is 71.4 cm³/mol. The smallest absolute Gasteiger partial charge is 0.193 e. The molecule has 0 saturated heterocycles. The van der Waals surface area contributed by atoms with Crippen LogP contribution in [0.1, 0.15) is 30.9 Å². The van der Waals surface area contributed by atoms with Crippen molar-refractivity contribution in [3.8, 4) is 0 Å². The van der Waals surface area contributed by atoms with Gasteiger partial charge in [0.2, 0.25) is 0 Å². The molecule has 0 bridgehead atoms. The zero-order valence-corrected chi connectivity index (χ0v) is 11.4. The van der Waals surface area contributed by atoms with Crippen molar-refractivity contribution in [2.75, 3.05) is 5.73 Å². The molecule has 5 nitrogen and oxygen atoms in total. The number of nitrogens with zero attached hydrogens (tertiary/aromatic N) is 4. The molecule has 94 valence electrons. The molecule has 0 unspecified atom stereocenters. The first-order valence-corrected chi connectivity index (χ1v) is 6.46. The molecular formula is C12H15N5S. The van der Waals surface area contributed by atoms with Crippen LogP contribution in [0, 0.1) is 6.92 Å². The molecule has 18 heavy (non-hydrogen) atoms. The quantitative estimate of drug-likeness (QED) is 0.675. The Balaban J connectivity index is 2.34. The van der Waals surface area contributed by atoms with Crippen molar-refractivity contribution in [1.82, 2.24) is 19.9 Å². The van der Waals surface area contributed by atoms with E-state index in [0.29, 0.717) is 11.0 Å². The van der Waals surface area contributed by atoms with Crippen LogP contribution >= 0.6 is 11.8 Å². The van der Waals surface area contributed by atoms with Crippen molar-refractivity contribution in [1.29, 1.82) is 0 Å². The fourth-order valence-corrected chi connectivity index (χ4v) is 2.47. The van der Waals surface area contributed by atoms with Gasteiger partial charge >= 0.3 is 0 Å². The number of anilines is 1. The molecule has 0 aliphatic rings. The lowest BCUT2D eigenvalue weighted by molar-refractivity contribution is 0.806. The van der Waals surface area contributed by atoms with E-state index in [9.17, 15) is 0 Å². The molecule has 0 spiro atoms. The van der Waals surface area contributed by atoms with Gasteiger partial charge in [-0.2, -0.15) is 0 Å². The Bertz CT molecular complexity index is 539. The van der Waals surface area contributed by atoms with Crippen LogP contribution in [-0.2, 0) is 0 Å². The van der Waals surface area contributed by atoms with Crippen molar-refractivity contribution in [2.45, 2.75) is 36.9 Å². The van der Waals surface area contributed by atoms with Crippen molar-refractivity contribution in [2.24, 2.45) is 0 Å². The largest absolute Gasteiger partial charge is 0.383 e. The fourth-order valence-electron chi connectivity index (χ4n) is 1.54. The van der Waals surface area contributed by atoms with Crippen LogP contribution in [0.2, 0.25) is 0 Å². The van der Waals surface area contributed by atoms with Crippen molar-refractivity contribution >= 4 is 17.6 Å². The van der Waals surface area contributed by atoms with Gasteiger partial charge in [-0.15, -0.1) is 0 Å². The van der Waals surface area contributed by atoms with Gasteiger partial charge in [-0.1, -0.05) is 13.8 Å². The van der Waals surface area contributed by atoms with E-state index in [-0.39, 0.29) is 5.92 Å². The Morgan fingerprint density at radius 1 is 1.11 bits per heavy atom. The van der Waals surface area contributed by atoms with Gasteiger partial charge in [0.05, 0.1) is 0 Å². The predicted octanol–water partition coefficient (Wildman–Crippen LogP) is 2.43. The van der Waals surface area contributed by atoms with Gasteiger partial charge in [0.25, 0.3) is 0 Å². The van der Waals surface area contributed by atoms with E-state index in [4.69, 9.17) is 5.73 Å². The average molecular weight is 261 g/mol. The molecule has 0 saturated carbocycles. The zero-order chi connectivity index (χ0) is 13.1. The number of nitrogen functional groups attached to an aromatic ring is 1. The maximum absolute atomic E-state index is 5.89. The lowest BCUT2D eigenvalue weighted by Gasteiger charge is -2.12. The number of hydrogen-bond donors (Lipinski definition) is 1. The van der Waals surface area contributed by atoms with E-state index in [1.807, 2.05) is 6.92 Å². The third kappa shape index (κ3) is 2.76. The highest BCUT2D eigenvalue weighted by atomic mass is 32.2. The van der Waals surface area contributed by atoms with Crippen LogP contribution in [0.4, 0.5) is 5.82 Å². The van der Waals surface area contributed by atoms with E-state index >= 15 is 0 Å². The van der Waals surface area contributed by atoms with E-state index in [1.54, 1.807) is 12.4 Å². The van der Waals surface area contributed by atoms with E-state index in [2.05, 4.69) is 33.8 Å². The van der Waals surface area contributed by atoms with Crippen LogP contribution in [0.5, 0.6) is 0 Å². The molecule has 2 rings (SSSR count). The molecule has 6 heteroatoms. The van der Waals surface area contributed by atoms with Gasteiger partial charge in [-0.3, -0.25) is 0 Å². The van der Waals surface area contributed by atoms with Crippen LogP contribution in [0.15, 0.2) is 28.9 Å². The molecule has 0 amide bonds. The van der Waals surface area contributed by atoms with Gasteiger partial charge in [0, 0.05) is 18.0 Å². The SMILES string of the molecule is Cc1cnc(Sc2ncnc(N)c2C(C)C)nc1. The van der Waals surface area contributed by atoms with Crippen LogP contribution in [0.3, 0.4) is 0 Å². The molecule has 2 aromatic rings. The van der Waals surface area contributed by atoms with Crippen molar-refractivity contribution in [3.05, 3.63) is 29.8 Å². The molecule has 0 radical (unpaired) electrons. The third-order valence-electron chi connectivity index (χ3n) is 2.40. The lowest BCUT2D eigenvalue weighted by Crippen LogP contribution is -2.03. The molecule has 0 atom stereocenters. The Morgan fingerprint density at radius 3 is 2.39 bits per heavy atom. The van der Waals surface area contributed by atoms with Gasteiger partial charge < -0.3 is 5.73 Å². The molecular weight excluding hydrogens is 246 g/mol. The first kappa shape index (κ1) is 12.8. The second-order valence-electron chi connectivity index (χ2n) is 4.28. The topological polar surface area (TPSA) is 77.6 Å². The summed E-state index contributed by atoms with van der Waals surface area (Å²) in [6, 6.07) is 0. The normalized spacial score (nSPS) is 10.9. The fraction of sp³-hybridized carbons (Fsp3) is 0.333. The Morgan fingerprint density at radius 2 is 1.78 bits per heavy atom. The highest BCUT2D eigenvalue weighted by Crippen LogP contribution is 2.32. The molecule has 2 N–H and O–H groups in total. The summed E-state index contributed by atoms with van der Waals surface area (Å²) >= 11 is 1.41. The minimum atomic E-state index is 0.263. The van der Waals surface area contributed by atoms with Gasteiger partial charge in [0.15, 0.2) is 5.16 Å². The summed E-state index contributed by atoms with van der Waals surface area (Å²) in [4.78, 5) is 16.8. The summed E-state index contributed by atoms with van der Waals surface area (Å²) in [7, 11) is 0. The molecule has 2 aromatic heterocycles. The lowest BCUT2D eigenvalue weighted by atomic mass is 10.1. The highest BCUT2D eigenvalue weighted by molar-refractivity contribution is 7.99.